The number of hydrogen-bond donors (Lipinski definition) is 1. The Morgan fingerprint density at radius 2 is 1.71 bits per heavy atom. The number of hydrogen-bond acceptors (Lipinski definition) is 3. The summed E-state index contributed by atoms with van der Waals surface area (Å²) in [7, 11) is 0. The molecule has 6 nitrogen and oxygen atoms in total. The predicted octanol–water partition coefficient (Wildman–Crippen LogP) is 5.38. The molecule has 0 radical (unpaired) electrons. The lowest BCUT2D eigenvalue weighted by atomic mass is 9.95. The van der Waals surface area contributed by atoms with Crippen LogP contribution in [0.2, 0.25) is 0 Å². The van der Waals surface area contributed by atoms with E-state index in [1.807, 2.05) is 41.2 Å². The topological polar surface area (TPSA) is 55.1 Å². The summed E-state index contributed by atoms with van der Waals surface area (Å²) in [6.45, 7) is 6.80. The van der Waals surface area contributed by atoms with Crippen LogP contribution in [0.3, 0.4) is 0 Å². The number of anilines is 1. The van der Waals surface area contributed by atoms with E-state index in [0.717, 1.165) is 61.7 Å². The van der Waals surface area contributed by atoms with Gasteiger partial charge in [-0.3, -0.25) is 9.69 Å². The first kappa shape index (κ1) is 23.1. The number of carbonyl (C=O) groups excluding carboxylic acids is 1. The normalized spacial score (nSPS) is 14.8. The Morgan fingerprint density at radius 3 is 2.43 bits per heavy atom. The smallest absolute Gasteiger partial charge is 0.227 e. The second kappa shape index (κ2) is 10.3. The van der Waals surface area contributed by atoms with E-state index in [4.69, 9.17) is 5.10 Å². The number of likely N-dealkylation sites (tertiary alicyclic amines) is 1. The molecule has 1 saturated heterocycles. The van der Waals surface area contributed by atoms with Crippen molar-refractivity contribution in [2.75, 3.05) is 18.4 Å². The maximum Gasteiger partial charge on any atom is 0.227 e. The highest BCUT2D eigenvalue weighted by molar-refractivity contribution is 5.94. The second-order valence-electron chi connectivity index (χ2n) is 9.33. The largest absolute Gasteiger partial charge is 0.325 e. The summed E-state index contributed by atoms with van der Waals surface area (Å²) in [5.41, 5.74) is 5.54. The first-order valence-electron chi connectivity index (χ1n) is 12.5. The monoisotopic (exact) mass is 467 g/mol. The zero-order valence-electron chi connectivity index (χ0n) is 20.5. The molecule has 1 aliphatic heterocycles. The highest BCUT2D eigenvalue weighted by Crippen LogP contribution is 2.27. The molecule has 2 aromatic carbocycles. The lowest BCUT2D eigenvalue weighted by molar-refractivity contribution is -0.121. The number of aryl methyl sites for hydroxylation is 2. The fourth-order valence-electron chi connectivity index (χ4n) is 5.02. The highest BCUT2D eigenvalue weighted by Gasteiger charge is 2.27. The van der Waals surface area contributed by atoms with Gasteiger partial charge in [0.2, 0.25) is 5.91 Å². The van der Waals surface area contributed by atoms with Gasteiger partial charge in [0.25, 0.3) is 0 Å². The van der Waals surface area contributed by atoms with Crippen LogP contribution in [-0.4, -0.2) is 38.2 Å². The number of carbonyl (C=O) groups is 1. The lowest BCUT2D eigenvalue weighted by Crippen LogP contribution is -2.38. The average Bonchev–Trinajstić information content (AvgIpc) is 3.56. The van der Waals surface area contributed by atoms with Crippen molar-refractivity contribution in [3.05, 3.63) is 95.9 Å². The van der Waals surface area contributed by atoms with Gasteiger partial charge in [0.1, 0.15) is 5.82 Å². The first-order valence-corrected chi connectivity index (χ1v) is 12.5. The quantitative estimate of drug-likeness (QED) is 0.397. The van der Waals surface area contributed by atoms with E-state index in [2.05, 4.69) is 71.4 Å². The van der Waals surface area contributed by atoms with Gasteiger partial charge in [0.15, 0.2) is 0 Å². The third-order valence-electron chi connectivity index (χ3n) is 7.01. The number of nitrogens with one attached hydrogen (secondary N) is 1. The van der Waals surface area contributed by atoms with Gasteiger partial charge in [-0.1, -0.05) is 43.3 Å². The minimum Gasteiger partial charge on any atom is -0.325 e. The fraction of sp³-hybridized carbons (Fsp3) is 0.310. The number of aromatic nitrogens is 3. The maximum absolute atomic E-state index is 13.1. The van der Waals surface area contributed by atoms with Crippen LogP contribution in [0, 0.1) is 12.8 Å². The summed E-state index contributed by atoms with van der Waals surface area (Å²) < 4.78 is 4.13. The molecule has 6 heteroatoms. The zero-order chi connectivity index (χ0) is 24.2. The van der Waals surface area contributed by atoms with Crippen molar-refractivity contribution in [3.63, 3.8) is 0 Å². The number of rotatable bonds is 7. The van der Waals surface area contributed by atoms with Crippen LogP contribution in [0.1, 0.15) is 36.5 Å². The van der Waals surface area contributed by atoms with Crippen molar-refractivity contribution in [2.24, 2.45) is 5.92 Å². The van der Waals surface area contributed by atoms with Crippen molar-refractivity contribution in [3.8, 4) is 11.5 Å². The molecule has 35 heavy (non-hydrogen) atoms. The maximum atomic E-state index is 13.1. The van der Waals surface area contributed by atoms with Gasteiger partial charge in [0, 0.05) is 36.1 Å². The van der Waals surface area contributed by atoms with E-state index < -0.39 is 0 Å². The van der Waals surface area contributed by atoms with Crippen molar-refractivity contribution in [2.45, 2.75) is 39.7 Å². The Kier molecular flexibility index (Phi) is 6.82. The van der Waals surface area contributed by atoms with Gasteiger partial charge < -0.3 is 9.88 Å². The molecule has 1 N–H and O–H groups in total. The van der Waals surface area contributed by atoms with Crippen LogP contribution in [0.25, 0.3) is 11.5 Å². The van der Waals surface area contributed by atoms with Crippen molar-refractivity contribution < 1.29 is 4.79 Å². The molecule has 0 unspecified atom stereocenters. The van der Waals surface area contributed by atoms with Crippen LogP contribution >= 0.6 is 0 Å². The summed E-state index contributed by atoms with van der Waals surface area (Å²) in [6, 6.07) is 20.5. The molecule has 2 aromatic heterocycles. The van der Waals surface area contributed by atoms with Crippen molar-refractivity contribution in [1.82, 2.24) is 19.2 Å². The Balaban J connectivity index is 1.27. The van der Waals surface area contributed by atoms with Gasteiger partial charge in [-0.15, -0.1) is 0 Å². The number of benzene rings is 2. The summed E-state index contributed by atoms with van der Waals surface area (Å²) in [5.74, 6) is 1.26. The molecule has 0 aliphatic carbocycles. The molecule has 180 valence electrons. The number of amides is 1. The zero-order valence-corrected chi connectivity index (χ0v) is 20.5. The van der Waals surface area contributed by atoms with Gasteiger partial charge in [-0.2, -0.15) is 5.10 Å². The molecular weight excluding hydrogens is 434 g/mol. The Bertz CT molecular complexity index is 1270. The molecule has 0 atom stereocenters. The van der Waals surface area contributed by atoms with Crippen LogP contribution in [-0.2, 0) is 17.8 Å². The van der Waals surface area contributed by atoms with Crippen molar-refractivity contribution in [1.29, 1.82) is 0 Å². The summed E-state index contributed by atoms with van der Waals surface area (Å²) >= 11 is 0. The van der Waals surface area contributed by atoms with Crippen LogP contribution < -0.4 is 5.32 Å². The molecule has 1 aliphatic rings. The van der Waals surface area contributed by atoms with E-state index in [9.17, 15) is 4.79 Å². The predicted molar refractivity (Wildman–Crippen MR) is 140 cm³/mol. The van der Waals surface area contributed by atoms with Crippen LogP contribution in [0.15, 0.2) is 79.3 Å². The molecule has 1 fully saturated rings. The summed E-state index contributed by atoms with van der Waals surface area (Å²) in [5, 5.41) is 7.97. The SMILES string of the molecule is CCc1cccc(C)c1NC(=O)C1CCN(Cc2cnn(-c3ccccc3)c2-n2cccc2)CC1. The van der Waals surface area contributed by atoms with Crippen LogP contribution in [0.4, 0.5) is 5.69 Å². The molecule has 3 heterocycles. The fourth-order valence-corrected chi connectivity index (χ4v) is 5.02. The first-order chi connectivity index (χ1) is 17.1. The van der Waals surface area contributed by atoms with E-state index >= 15 is 0 Å². The molecule has 1 amide bonds. The molecule has 5 rings (SSSR count). The van der Waals surface area contributed by atoms with E-state index in [0.29, 0.717) is 0 Å². The standard InChI is InChI=1S/C29H33N5O/c1-3-23-11-9-10-22(2)27(23)31-28(35)24-14-18-32(19-15-24)21-25-20-30-34(26-12-5-4-6-13-26)29(25)33-16-7-8-17-33/h4-13,16-17,20,24H,3,14-15,18-19,21H2,1-2H3,(H,31,35). The number of nitrogens with zero attached hydrogens (tertiary/aromatic N) is 4. The van der Waals surface area contributed by atoms with E-state index in [1.54, 1.807) is 0 Å². The van der Waals surface area contributed by atoms with Crippen molar-refractivity contribution >= 4 is 11.6 Å². The average molecular weight is 468 g/mol. The third-order valence-corrected chi connectivity index (χ3v) is 7.01. The molecule has 0 saturated carbocycles. The van der Waals surface area contributed by atoms with Gasteiger partial charge in [-0.05, 0) is 74.7 Å². The number of piperidine rings is 1. The minimum absolute atomic E-state index is 0.0477. The number of para-hydroxylation sites is 2. The van der Waals surface area contributed by atoms with E-state index in [-0.39, 0.29) is 11.8 Å². The molecule has 0 spiro atoms. The highest BCUT2D eigenvalue weighted by atomic mass is 16.1. The lowest BCUT2D eigenvalue weighted by Gasteiger charge is -2.31. The summed E-state index contributed by atoms with van der Waals surface area (Å²) in [6.07, 6.45) is 8.75. The van der Waals surface area contributed by atoms with E-state index in [1.165, 1.54) is 11.1 Å². The third kappa shape index (κ3) is 4.93. The Labute approximate surface area is 207 Å². The van der Waals surface area contributed by atoms with Gasteiger partial charge in [-0.25, -0.2) is 4.68 Å². The van der Waals surface area contributed by atoms with Gasteiger partial charge >= 0.3 is 0 Å². The Hall–Kier alpha value is -3.64. The van der Waals surface area contributed by atoms with Gasteiger partial charge in [0.05, 0.1) is 11.9 Å². The van der Waals surface area contributed by atoms with Crippen LogP contribution in [0.5, 0.6) is 0 Å². The molecule has 4 aromatic rings. The Morgan fingerprint density at radius 1 is 0.971 bits per heavy atom. The summed E-state index contributed by atoms with van der Waals surface area (Å²) in [4.78, 5) is 15.5. The minimum atomic E-state index is 0.0477. The molecular formula is C29H33N5O. The molecule has 0 bridgehead atoms. The second-order valence-corrected chi connectivity index (χ2v) is 9.33.